The lowest BCUT2D eigenvalue weighted by atomic mass is 10.0. The Labute approximate surface area is 147 Å². The molecule has 0 atom stereocenters. The number of ether oxygens (including phenoxy) is 1. The number of fused-ring (bicyclic) bond motifs is 1. The number of anilines is 2. The number of hydrogen-bond acceptors (Lipinski definition) is 5. The van der Waals surface area contributed by atoms with Crippen LogP contribution in [0.25, 0.3) is 22.0 Å². The Bertz CT molecular complexity index is 837. The number of aromatic nitrogens is 2. The molecule has 0 saturated carbocycles. The highest BCUT2D eigenvalue weighted by molar-refractivity contribution is 6.04. The van der Waals surface area contributed by atoms with E-state index in [0.29, 0.717) is 12.4 Å². The van der Waals surface area contributed by atoms with Gasteiger partial charge in [-0.2, -0.15) is 5.10 Å². The summed E-state index contributed by atoms with van der Waals surface area (Å²) in [7, 11) is 0. The Morgan fingerprint density at radius 1 is 1.04 bits per heavy atom. The molecule has 1 heterocycles. The third kappa shape index (κ3) is 3.53. The second-order valence-corrected chi connectivity index (χ2v) is 5.97. The van der Waals surface area contributed by atoms with Gasteiger partial charge in [-0.3, -0.25) is 5.10 Å². The van der Waals surface area contributed by atoms with Crippen molar-refractivity contribution in [1.82, 2.24) is 15.1 Å². The van der Waals surface area contributed by atoms with Gasteiger partial charge in [0.25, 0.3) is 0 Å². The molecule has 0 aliphatic heterocycles. The zero-order valence-electron chi connectivity index (χ0n) is 14.7. The largest absolute Gasteiger partial charge is 0.490 e. The number of nitrogens with one attached hydrogen (secondary N) is 1. The minimum atomic E-state index is 0.469. The van der Waals surface area contributed by atoms with E-state index in [2.05, 4.69) is 28.9 Å². The van der Waals surface area contributed by atoms with Crippen LogP contribution in [0.1, 0.15) is 13.8 Å². The Balaban J connectivity index is 1.90. The molecule has 0 spiro atoms. The fourth-order valence-corrected chi connectivity index (χ4v) is 2.98. The molecule has 0 aliphatic rings. The fourth-order valence-electron chi connectivity index (χ4n) is 2.98. The number of rotatable bonds is 7. The van der Waals surface area contributed by atoms with Crippen LogP contribution in [0.5, 0.6) is 5.75 Å². The zero-order chi connectivity index (χ0) is 17.8. The minimum Gasteiger partial charge on any atom is -0.490 e. The first-order chi connectivity index (χ1) is 12.1. The highest BCUT2D eigenvalue weighted by atomic mass is 16.5. The maximum atomic E-state index is 6.10. The van der Waals surface area contributed by atoms with E-state index in [1.54, 1.807) is 0 Å². The molecule has 5 N–H and O–H groups in total. The van der Waals surface area contributed by atoms with E-state index < -0.39 is 0 Å². The Hall–Kier alpha value is -2.73. The van der Waals surface area contributed by atoms with Gasteiger partial charge in [0.15, 0.2) is 5.82 Å². The van der Waals surface area contributed by atoms with Gasteiger partial charge in [0.1, 0.15) is 17.9 Å². The van der Waals surface area contributed by atoms with Gasteiger partial charge in [0.05, 0.1) is 5.39 Å². The number of aromatic amines is 1. The molecular weight excluding hydrogens is 314 g/mol. The molecule has 2 aromatic carbocycles. The van der Waals surface area contributed by atoms with Crippen LogP contribution in [-0.2, 0) is 0 Å². The van der Waals surface area contributed by atoms with Gasteiger partial charge in [-0.25, -0.2) is 0 Å². The van der Waals surface area contributed by atoms with Crippen LogP contribution in [-0.4, -0.2) is 41.3 Å². The van der Waals surface area contributed by atoms with Crippen LogP contribution in [0.2, 0.25) is 0 Å². The average molecular weight is 339 g/mol. The van der Waals surface area contributed by atoms with Gasteiger partial charge < -0.3 is 21.1 Å². The minimum absolute atomic E-state index is 0.469. The van der Waals surface area contributed by atoms with Crippen molar-refractivity contribution in [2.45, 2.75) is 13.8 Å². The van der Waals surface area contributed by atoms with E-state index in [1.807, 2.05) is 36.4 Å². The Morgan fingerprint density at radius 3 is 2.44 bits per heavy atom. The Morgan fingerprint density at radius 2 is 1.76 bits per heavy atom. The first kappa shape index (κ1) is 17.1. The van der Waals surface area contributed by atoms with E-state index in [0.717, 1.165) is 53.1 Å². The molecule has 0 bridgehead atoms. The van der Waals surface area contributed by atoms with Crippen LogP contribution < -0.4 is 16.2 Å². The van der Waals surface area contributed by atoms with Crippen LogP contribution in [0.4, 0.5) is 11.5 Å². The highest BCUT2D eigenvalue weighted by Gasteiger charge is 2.14. The average Bonchev–Trinajstić information content (AvgIpc) is 3.02. The second kappa shape index (κ2) is 7.44. The first-order valence-corrected chi connectivity index (χ1v) is 8.61. The summed E-state index contributed by atoms with van der Waals surface area (Å²) in [5, 5.41) is 8.06. The number of H-pyrrole nitrogens is 1. The summed E-state index contributed by atoms with van der Waals surface area (Å²) in [5.74, 6) is 1.24. The molecule has 3 aromatic rings. The maximum Gasteiger partial charge on any atom is 0.153 e. The van der Waals surface area contributed by atoms with Gasteiger partial charge >= 0.3 is 0 Å². The molecule has 0 radical (unpaired) electrons. The fraction of sp³-hybridized carbons (Fsp3) is 0.316. The summed E-state index contributed by atoms with van der Waals surface area (Å²) < 4.78 is 5.99. The van der Waals surface area contributed by atoms with Crippen molar-refractivity contribution in [2.24, 2.45) is 0 Å². The van der Waals surface area contributed by atoms with Gasteiger partial charge in [-0.15, -0.1) is 0 Å². The number of benzene rings is 2. The lowest BCUT2D eigenvalue weighted by Crippen LogP contribution is -2.27. The molecule has 25 heavy (non-hydrogen) atoms. The number of nitrogens with zero attached hydrogens (tertiary/aromatic N) is 2. The SMILES string of the molecule is CCN(CC)CCOc1ccc(-c2ccc(N)cc2)c2c(N)n[nH]c12. The standard InChI is InChI=1S/C19H25N5O/c1-3-24(4-2)11-12-25-16-10-9-15(13-5-7-14(20)8-6-13)17-18(16)22-23-19(17)21/h5-10H,3-4,11-12,20H2,1-2H3,(H3,21,22,23). The van der Waals surface area contributed by atoms with Crippen molar-refractivity contribution in [2.75, 3.05) is 37.7 Å². The normalized spacial score (nSPS) is 11.3. The molecule has 132 valence electrons. The molecule has 0 aliphatic carbocycles. The topological polar surface area (TPSA) is 93.2 Å². The quantitative estimate of drug-likeness (QED) is 0.575. The van der Waals surface area contributed by atoms with E-state index in [9.17, 15) is 0 Å². The number of likely N-dealkylation sites (N-methyl/N-ethyl adjacent to an activating group) is 1. The molecule has 0 fully saturated rings. The first-order valence-electron chi connectivity index (χ1n) is 8.61. The predicted molar refractivity (Wildman–Crippen MR) is 104 cm³/mol. The number of nitrogens with two attached hydrogens (primary N) is 2. The number of hydrogen-bond donors (Lipinski definition) is 3. The molecule has 3 rings (SSSR count). The van der Waals surface area contributed by atoms with Gasteiger partial charge in [-0.05, 0) is 48.5 Å². The summed E-state index contributed by atoms with van der Waals surface area (Å²) in [5.41, 5.74) is 15.5. The molecule has 0 amide bonds. The number of nitrogen functional groups attached to an aromatic ring is 2. The van der Waals surface area contributed by atoms with Gasteiger partial charge in [0, 0.05) is 12.2 Å². The van der Waals surface area contributed by atoms with E-state index in [1.165, 1.54) is 0 Å². The zero-order valence-corrected chi connectivity index (χ0v) is 14.7. The van der Waals surface area contributed by atoms with Gasteiger partial charge in [0.2, 0.25) is 0 Å². The Kier molecular flexibility index (Phi) is 5.09. The van der Waals surface area contributed by atoms with Crippen LogP contribution in [0.3, 0.4) is 0 Å². The summed E-state index contributed by atoms with van der Waals surface area (Å²) in [6.45, 7) is 7.84. The predicted octanol–water partition coefficient (Wildman–Crippen LogP) is 3.11. The van der Waals surface area contributed by atoms with Crippen molar-refractivity contribution in [3.8, 4) is 16.9 Å². The van der Waals surface area contributed by atoms with Crippen molar-refractivity contribution in [1.29, 1.82) is 0 Å². The summed E-state index contributed by atoms with van der Waals surface area (Å²) >= 11 is 0. The van der Waals surface area contributed by atoms with Crippen LogP contribution >= 0.6 is 0 Å². The van der Waals surface area contributed by atoms with E-state index in [4.69, 9.17) is 16.2 Å². The molecule has 0 unspecified atom stereocenters. The van der Waals surface area contributed by atoms with Crippen molar-refractivity contribution in [3.63, 3.8) is 0 Å². The molecule has 6 nitrogen and oxygen atoms in total. The molecule has 6 heteroatoms. The van der Waals surface area contributed by atoms with Crippen molar-refractivity contribution in [3.05, 3.63) is 36.4 Å². The highest BCUT2D eigenvalue weighted by Crippen LogP contribution is 2.36. The van der Waals surface area contributed by atoms with Crippen LogP contribution in [0.15, 0.2) is 36.4 Å². The molecule has 1 aromatic heterocycles. The monoisotopic (exact) mass is 339 g/mol. The van der Waals surface area contributed by atoms with Crippen molar-refractivity contribution < 1.29 is 4.74 Å². The summed E-state index contributed by atoms with van der Waals surface area (Å²) in [6.07, 6.45) is 0. The summed E-state index contributed by atoms with van der Waals surface area (Å²) in [6, 6.07) is 11.7. The van der Waals surface area contributed by atoms with Crippen LogP contribution in [0, 0.1) is 0 Å². The van der Waals surface area contributed by atoms with Gasteiger partial charge in [-0.1, -0.05) is 26.0 Å². The lowest BCUT2D eigenvalue weighted by Gasteiger charge is -2.18. The third-order valence-corrected chi connectivity index (χ3v) is 4.49. The molecular formula is C19H25N5O. The van der Waals surface area contributed by atoms with E-state index in [-0.39, 0.29) is 0 Å². The smallest absolute Gasteiger partial charge is 0.153 e. The second-order valence-electron chi connectivity index (χ2n) is 5.97. The third-order valence-electron chi connectivity index (χ3n) is 4.49. The van der Waals surface area contributed by atoms with Crippen molar-refractivity contribution >= 4 is 22.4 Å². The summed E-state index contributed by atoms with van der Waals surface area (Å²) in [4.78, 5) is 2.32. The molecule has 0 saturated heterocycles. The maximum absolute atomic E-state index is 6.10. The lowest BCUT2D eigenvalue weighted by molar-refractivity contribution is 0.224. The van der Waals surface area contributed by atoms with E-state index >= 15 is 0 Å².